The molecule has 7 nitrogen and oxygen atoms in total. The van der Waals surface area contributed by atoms with E-state index < -0.39 is 0 Å². The molecule has 32 heavy (non-hydrogen) atoms. The van der Waals surface area contributed by atoms with Gasteiger partial charge in [0.05, 0.1) is 18.9 Å². The minimum Gasteiger partial charge on any atom is -0.494 e. The lowest BCUT2D eigenvalue weighted by Gasteiger charge is -2.07. The molecule has 0 atom stereocenters. The van der Waals surface area contributed by atoms with Gasteiger partial charge in [0.15, 0.2) is 5.69 Å². The second kappa shape index (κ2) is 21.3. The van der Waals surface area contributed by atoms with Gasteiger partial charge in [-0.15, -0.1) is 4.91 Å². The zero-order valence-corrected chi connectivity index (χ0v) is 21.1. The summed E-state index contributed by atoms with van der Waals surface area (Å²) < 4.78 is 10.5. The SMILES string of the molecule is CC.CC.CC.CCOC(=O)CCCCOc1ccc(Nc2[nH+]c(C)ccc2N=O)cc1. The first-order valence-corrected chi connectivity index (χ1v) is 11.6. The maximum Gasteiger partial charge on any atom is 0.307 e. The highest BCUT2D eigenvalue weighted by molar-refractivity contribution is 5.69. The number of unbranched alkanes of at least 4 members (excludes halogenated alkanes) is 1. The number of nitrogens with one attached hydrogen (secondary N) is 2. The van der Waals surface area contributed by atoms with E-state index in [4.69, 9.17) is 9.47 Å². The Balaban J connectivity index is 0. The molecule has 1 heterocycles. The molecule has 0 aliphatic carbocycles. The number of hydrogen-bond acceptors (Lipinski definition) is 6. The fourth-order valence-electron chi connectivity index (χ4n) is 2.33. The number of carbonyl (C=O) groups is 1. The van der Waals surface area contributed by atoms with E-state index in [1.807, 2.05) is 72.7 Å². The van der Waals surface area contributed by atoms with Gasteiger partial charge in [-0.3, -0.25) is 4.79 Å². The van der Waals surface area contributed by atoms with Crippen LogP contribution < -0.4 is 15.0 Å². The molecule has 0 unspecified atom stereocenters. The van der Waals surface area contributed by atoms with Crippen LogP contribution in [0.1, 0.15) is 73.4 Å². The Morgan fingerprint density at radius 3 is 2.16 bits per heavy atom. The monoisotopic (exact) mass is 448 g/mol. The highest BCUT2D eigenvalue weighted by atomic mass is 16.5. The number of aromatic amines is 1. The molecular formula is C25H42N3O4+. The smallest absolute Gasteiger partial charge is 0.307 e. The number of nitroso groups, excluding NO2 is 1. The Morgan fingerprint density at radius 2 is 1.59 bits per heavy atom. The summed E-state index contributed by atoms with van der Waals surface area (Å²) >= 11 is 0. The van der Waals surface area contributed by atoms with Crippen LogP contribution >= 0.6 is 0 Å². The highest BCUT2D eigenvalue weighted by Crippen LogP contribution is 2.24. The maximum atomic E-state index is 11.2. The number of anilines is 2. The Bertz CT molecular complexity index is 734. The molecule has 0 saturated carbocycles. The molecule has 0 amide bonds. The topological polar surface area (TPSA) is 91.1 Å². The quantitative estimate of drug-likeness (QED) is 0.237. The van der Waals surface area contributed by atoms with Crippen LogP contribution in [0.4, 0.5) is 17.2 Å². The molecule has 2 N–H and O–H groups in total. The third-order valence-corrected chi connectivity index (χ3v) is 3.64. The number of aryl methyl sites for hydroxylation is 1. The summed E-state index contributed by atoms with van der Waals surface area (Å²) in [5.41, 5.74) is 2.05. The van der Waals surface area contributed by atoms with Crippen molar-refractivity contribution in [2.24, 2.45) is 5.18 Å². The number of ether oxygens (including phenoxy) is 2. The molecule has 180 valence electrons. The molecule has 1 aromatic heterocycles. The van der Waals surface area contributed by atoms with Gasteiger partial charge in [0.2, 0.25) is 0 Å². The number of esters is 1. The van der Waals surface area contributed by atoms with Gasteiger partial charge in [0.25, 0.3) is 0 Å². The first-order valence-electron chi connectivity index (χ1n) is 11.6. The van der Waals surface area contributed by atoms with E-state index in [1.165, 1.54) is 0 Å². The fraction of sp³-hybridized carbons (Fsp3) is 0.520. The number of rotatable bonds is 10. The van der Waals surface area contributed by atoms with E-state index >= 15 is 0 Å². The second-order valence-electron chi connectivity index (χ2n) is 5.75. The van der Waals surface area contributed by atoms with Crippen LogP contribution in [-0.2, 0) is 9.53 Å². The van der Waals surface area contributed by atoms with E-state index in [1.54, 1.807) is 19.1 Å². The summed E-state index contributed by atoms with van der Waals surface area (Å²) in [5, 5.41) is 6.14. The van der Waals surface area contributed by atoms with Crippen LogP contribution in [0.3, 0.4) is 0 Å². The van der Waals surface area contributed by atoms with Crippen LogP contribution in [0.5, 0.6) is 5.75 Å². The average molecular weight is 449 g/mol. The molecule has 0 aliphatic heterocycles. The second-order valence-corrected chi connectivity index (χ2v) is 5.75. The molecular weight excluding hydrogens is 406 g/mol. The summed E-state index contributed by atoms with van der Waals surface area (Å²) in [7, 11) is 0. The third kappa shape index (κ3) is 13.4. The Hall–Kier alpha value is -2.96. The number of carbonyl (C=O) groups excluding carboxylic acids is 1. The molecule has 0 fully saturated rings. The third-order valence-electron chi connectivity index (χ3n) is 3.64. The van der Waals surface area contributed by atoms with E-state index in [9.17, 15) is 9.70 Å². The van der Waals surface area contributed by atoms with E-state index in [-0.39, 0.29) is 5.97 Å². The Morgan fingerprint density at radius 1 is 0.969 bits per heavy atom. The molecule has 0 radical (unpaired) electrons. The zero-order valence-electron chi connectivity index (χ0n) is 21.1. The number of hydrogen-bond donors (Lipinski definition) is 1. The van der Waals surface area contributed by atoms with Crippen molar-refractivity contribution in [1.29, 1.82) is 0 Å². The van der Waals surface area contributed by atoms with Crippen LogP contribution in [-0.4, -0.2) is 19.2 Å². The minimum atomic E-state index is -0.167. The molecule has 0 saturated heterocycles. The van der Waals surface area contributed by atoms with Gasteiger partial charge in [-0.05, 0) is 68.3 Å². The number of H-pyrrole nitrogens is 1. The minimum absolute atomic E-state index is 0.167. The zero-order chi connectivity index (χ0) is 24.8. The van der Waals surface area contributed by atoms with Crippen molar-refractivity contribution >= 4 is 23.2 Å². The molecule has 2 rings (SSSR count). The lowest BCUT2D eigenvalue weighted by atomic mass is 10.2. The summed E-state index contributed by atoms with van der Waals surface area (Å²) in [5.74, 6) is 1.13. The Labute approximate surface area is 193 Å². The van der Waals surface area contributed by atoms with Crippen LogP contribution in [0.15, 0.2) is 41.6 Å². The van der Waals surface area contributed by atoms with E-state index in [2.05, 4.69) is 15.5 Å². The molecule has 7 heteroatoms. The molecule has 1 aromatic carbocycles. The van der Waals surface area contributed by atoms with Crippen molar-refractivity contribution in [3.8, 4) is 5.75 Å². The summed E-state index contributed by atoms with van der Waals surface area (Å²) in [6.07, 6.45) is 1.94. The highest BCUT2D eigenvalue weighted by Gasteiger charge is 2.12. The average Bonchev–Trinajstić information content (AvgIpc) is 2.84. The first-order chi connectivity index (χ1) is 15.6. The van der Waals surface area contributed by atoms with Crippen LogP contribution in [0.2, 0.25) is 0 Å². The molecule has 2 aromatic rings. The Kier molecular flexibility index (Phi) is 20.8. The van der Waals surface area contributed by atoms with Crippen molar-refractivity contribution in [1.82, 2.24) is 0 Å². The molecule has 0 spiro atoms. The predicted octanol–water partition coefficient (Wildman–Crippen LogP) is 7.14. The number of pyridine rings is 1. The van der Waals surface area contributed by atoms with Crippen molar-refractivity contribution in [3.63, 3.8) is 0 Å². The lowest BCUT2D eigenvalue weighted by Crippen LogP contribution is -2.13. The van der Waals surface area contributed by atoms with E-state index in [0.29, 0.717) is 31.1 Å². The maximum absolute atomic E-state index is 11.2. The van der Waals surface area contributed by atoms with Crippen LogP contribution in [0, 0.1) is 11.8 Å². The van der Waals surface area contributed by atoms with Crippen LogP contribution in [0.25, 0.3) is 0 Å². The van der Waals surface area contributed by atoms with Gasteiger partial charge >= 0.3 is 11.8 Å². The number of nitrogens with zero attached hydrogens (tertiary/aromatic N) is 1. The van der Waals surface area contributed by atoms with E-state index in [0.717, 1.165) is 30.0 Å². The summed E-state index contributed by atoms with van der Waals surface area (Å²) in [4.78, 5) is 25.2. The summed E-state index contributed by atoms with van der Waals surface area (Å²) in [6, 6.07) is 10.9. The molecule has 0 bridgehead atoms. The van der Waals surface area contributed by atoms with Crippen molar-refractivity contribution in [2.45, 2.75) is 74.7 Å². The van der Waals surface area contributed by atoms with Gasteiger partial charge in [-0.25, -0.2) is 10.3 Å². The largest absolute Gasteiger partial charge is 0.494 e. The van der Waals surface area contributed by atoms with Crippen molar-refractivity contribution in [3.05, 3.63) is 47.0 Å². The number of benzene rings is 1. The molecule has 0 aliphatic rings. The fourth-order valence-corrected chi connectivity index (χ4v) is 2.33. The lowest BCUT2D eigenvalue weighted by molar-refractivity contribution is -0.369. The van der Waals surface area contributed by atoms with Gasteiger partial charge in [0.1, 0.15) is 11.4 Å². The van der Waals surface area contributed by atoms with Gasteiger partial charge < -0.3 is 9.47 Å². The van der Waals surface area contributed by atoms with Crippen molar-refractivity contribution in [2.75, 3.05) is 18.5 Å². The van der Waals surface area contributed by atoms with Gasteiger partial charge in [0, 0.05) is 6.42 Å². The standard InChI is InChI=1S/C19H23N3O4.3C2H6/c1-3-25-18(23)6-4-5-13-26-16-10-8-15(9-11-16)21-19-17(22-24)12-7-14(2)20-19;3*1-2/h7-12H,3-6,13H2,1-2H3,(H,20,21);3*1-2H3/p+1. The van der Waals surface area contributed by atoms with Gasteiger partial charge in [-0.2, -0.15) is 0 Å². The first kappa shape index (κ1) is 31.2. The van der Waals surface area contributed by atoms with Gasteiger partial charge in [-0.1, -0.05) is 41.5 Å². The normalized spacial score (nSPS) is 8.88. The predicted molar refractivity (Wildman–Crippen MR) is 133 cm³/mol. The van der Waals surface area contributed by atoms with Crippen molar-refractivity contribution < 1.29 is 19.3 Å². The summed E-state index contributed by atoms with van der Waals surface area (Å²) in [6.45, 7) is 16.7. The number of aromatic nitrogens is 1.